The van der Waals surface area contributed by atoms with Gasteiger partial charge in [0.15, 0.2) is 0 Å². The fourth-order valence-corrected chi connectivity index (χ4v) is 3.63. The van der Waals surface area contributed by atoms with Crippen LogP contribution in [0.1, 0.15) is 17.3 Å². The first-order valence-electron chi connectivity index (χ1n) is 4.90. The van der Waals surface area contributed by atoms with Crippen LogP contribution >= 0.6 is 67.8 Å². The van der Waals surface area contributed by atoms with Crippen molar-refractivity contribution in [3.05, 3.63) is 28.4 Å². The van der Waals surface area contributed by atoms with Crippen molar-refractivity contribution >= 4 is 79.6 Å². The summed E-state index contributed by atoms with van der Waals surface area (Å²) in [6, 6.07) is 2.90. The zero-order valence-electron chi connectivity index (χ0n) is 9.58. The summed E-state index contributed by atoms with van der Waals surface area (Å²) >= 11 is 6.41. The molecule has 0 fully saturated rings. The number of amides is 1. The zero-order valence-corrected chi connectivity index (χ0v) is 16.0. The van der Waals surface area contributed by atoms with Gasteiger partial charge in [-0.25, -0.2) is 4.79 Å². The van der Waals surface area contributed by atoms with Crippen LogP contribution in [-0.4, -0.2) is 35.0 Å². The van der Waals surface area contributed by atoms with Gasteiger partial charge in [-0.1, -0.05) is 0 Å². The van der Waals surface area contributed by atoms with Crippen molar-refractivity contribution in [2.75, 3.05) is 7.05 Å². The van der Waals surface area contributed by atoms with Gasteiger partial charge in [-0.05, 0) is 86.8 Å². The number of carboxylic acid groups (broad SMARTS) is 1. The van der Waals surface area contributed by atoms with Gasteiger partial charge in [0.25, 0.3) is 5.91 Å². The molecule has 4 nitrogen and oxygen atoms in total. The average molecular weight is 585 g/mol. The molecule has 0 spiro atoms. The number of rotatable bonds is 3. The smallest absolute Gasteiger partial charge is 0.326 e. The number of hydrogen-bond acceptors (Lipinski definition) is 2. The molecule has 1 atom stereocenters. The van der Waals surface area contributed by atoms with Gasteiger partial charge in [-0.3, -0.25) is 4.79 Å². The van der Waals surface area contributed by atoms with E-state index in [1.165, 1.54) is 18.9 Å². The molecule has 1 unspecified atom stereocenters. The first kappa shape index (κ1) is 16.4. The molecular weight excluding hydrogens is 575 g/mol. The highest BCUT2D eigenvalue weighted by Gasteiger charge is 2.25. The maximum atomic E-state index is 12.3. The third-order valence-corrected chi connectivity index (χ3v) is 6.15. The monoisotopic (exact) mass is 585 g/mol. The summed E-state index contributed by atoms with van der Waals surface area (Å²) in [5, 5.41) is 8.93. The lowest BCUT2D eigenvalue weighted by Gasteiger charge is -2.22. The minimum absolute atomic E-state index is 0.272. The van der Waals surface area contributed by atoms with Crippen molar-refractivity contribution < 1.29 is 14.7 Å². The van der Waals surface area contributed by atoms with Gasteiger partial charge in [0, 0.05) is 17.8 Å². The Bertz CT molecular complexity index is 505. The maximum Gasteiger partial charge on any atom is 0.326 e. The van der Waals surface area contributed by atoms with E-state index < -0.39 is 12.0 Å². The lowest BCUT2D eigenvalue weighted by molar-refractivity contribution is -0.141. The van der Waals surface area contributed by atoms with Crippen LogP contribution < -0.4 is 0 Å². The molecule has 0 aromatic heterocycles. The van der Waals surface area contributed by atoms with Crippen molar-refractivity contribution in [3.63, 3.8) is 0 Å². The number of carboxylic acids is 1. The van der Waals surface area contributed by atoms with Crippen LogP contribution in [0.5, 0.6) is 0 Å². The Balaban J connectivity index is 3.15. The second kappa shape index (κ2) is 6.68. The lowest BCUT2D eigenvalue weighted by Crippen LogP contribution is -2.40. The van der Waals surface area contributed by atoms with Crippen LogP contribution in [0.3, 0.4) is 0 Å². The van der Waals surface area contributed by atoms with Crippen LogP contribution in [0.4, 0.5) is 0 Å². The highest BCUT2D eigenvalue weighted by atomic mass is 127. The molecule has 1 rings (SSSR count). The topological polar surface area (TPSA) is 57.6 Å². The third-order valence-electron chi connectivity index (χ3n) is 2.48. The predicted octanol–water partition coefficient (Wildman–Crippen LogP) is 3.05. The largest absolute Gasteiger partial charge is 0.480 e. The second-order valence-electron chi connectivity index (χ2n) is 3.68. The maximum absolute atomic E-state index is 12.3. The van der Waals surface area contributed by atoms with E-state index in [1.807, 2.05) is 6.07 Å². The second-order valence-corrected chi connectivity index (χ2v) is 7.17. The van der Waals surface area contributed by atoms with E-state index in [1.54, 1.807) is 6.07 Å². The molecule has 0 radical (unpaired) electrons. The minimum atomic E-state index is -1.01. The molecule has 1 N–H and O–H groups in total. The Morgan fingerprint density at radius 2 is 1.83 bits per heavy atom. The predicted molar refractivity (Wildman–Crippen MR) is 93.8 cm³/mol. The molecule has 0 saturated carbocycles. The number of aliphatic carboxylic acids is 1. The summed E-state index contributed by atoms with van der Waals surface area (Å²) in [7, 11) is 1.50. The number of benzene rings is 1. The molecule has 1 aromatic rings. The first-order valence-corrected chi connectivity index (χ1v) is 8.13. The summed E-state index contributed by atoms with van der Waals surface area (Å²) < 4.78 is 2.79. The van der Waals surface area contributed by atoms with Crippen molar-refractivity contribution in [2.24, 2.45) is 0 Å². The zero-order chi connectivity index (χ0) is 14.0. The van der Waals surface area contributed by atoms with Gasteiger partial charge in [-0.2, -0.15) is 0 Å². The lowest BCUT2D eigenvalue weighted by atomic mass is 10.2. The highest BCUT2D eigenvalue weighted by molar-refractivity contribution is 14.1. The summed E-state index contributed by atoms with van der Waals surface area (Å²) in [6.07, 6.45) is 0. The quantitative estimate of drug-likeness (QED) is 0.439. The van der Waals surface area contributed by atoms with E-state index in [0.717, 1.165) is 10.7 Å². The van der Waals surface area contributed by atoms with E-state index >= 15 is 0 Å². The number of hydrogen-bond donors (Lipinski definition) is 1. The summed E-state index contributed by atoms with van der Waals surface area (Å²) in [6.45, 7) is 1.49. The van der Waals surface area contributed by atoms with Gasteiger partial charge < -0.3 is 10.0 Å². The van der Waals surface area contributed by atoms with Gasteiger partial charge >= 0.3 is 5.97 Å². The van der Waals surface area contributed by atoms with Gasteiger partial charge in [-0.15, -0.1) is 0 Å². The van der Waals surface area contributed by atoms with Crippen LogP contribution in [0.25, 0.3) is 0 Å². The molecule has 0 saturated heterocycles. The van der Waals surface area contributed by atoms with E-state index in [9.17, 15) is 9.59 Å². The first-order chi connectivity index (χ1) is 8.25. The number of halogens is 3. The van der Waals surface area contributed by atoms with E-state index in [2.05, 4.69) is 67.8 Å². The van der Waals surface area contributed by atoms with Crippen LogP contribution in [-0.2, 0) is 4.79 Å². The number of nitrogens with zero attached hydrogens (tertiary/aromatic N) is 1. The van der Waals surface area contributed by atoms with Gasteiger partial charge in [0.1, 0.15) is 6.04 Å². The molecule has 1 aromatic carbocycles. The fraction of sp³-hybridized carbons (Fsp3) is 0.273. The molecular formula is C11H10I3NO3. The molecule has 7 heteroatoms. The van der Waals surface area contributed by atoms with E-state index in [0.29, 0.717) is 5.56 Å². The Kier molecular flexibility index (Phi) is 6.09. The van der Waals surface area contributed by atoms with Crippen molar-refractivity contribution in [1.29, 1.82) is 0 Å². The van der Waals surface area contributed by atoms with Gasteiger partial charge in [0.2, 0.25) is 0 Å². The fourth-order valence-electron chi connectivity index (χ4n) is 1.24. The average Bonchev–Trinajstić information content (AvgIpc) is 2.30. The summed E-state index contributed by atoms with van der Waals surface area (Å²) in [4.78, 5) is 24.4. The molecule has 0 heterocycles. The van der Waals surface area contributed by atoms with E-state index in [4.69, 9.17) is 5.11 Å². The van der Waals surface area contributed by atoms with Gasteiger partial charge in [0.05, 0.1) is 5.56 Å². The summed E-state index contributed by atoms with van der Waals surface area (Å²) in [5.74, 6) is -1.29. The SMILES string of the molecule is CC(C(=O)O)N(C)C(=O)c1cc(I)cc(I)c1I. The minimum Gasteiger partial charge on any atom is -0.480 e. The number of carbonyl (C=O) groups is 2. The highest BCUT2D eigenvalue weighted by Crippen LogP contribution is 2.24. The number of carbonyl (C=O) groups excluding carboxylic acids is 1. The third kappa shape index (κ3) is 3.68. The number of likely N-dealkylation sites (N-methyl/N-ethyl adjacent to an activating group) is 1. The molecule has 1 amide bonds. The van der Waals surface area contributed by atoms with Crippen molar-refractivity contribution in [2.45, 2.75) is 13.0 Å². The Morgan fingerprint density at radius 1 is 1.28 bits per heavy atom. The normalized spacial score (nSPS) is 12.1. The van der Waals surface area contributed by atoms with Crippen molar-refractivity contribution in [1.82, 2.24) is 4.90 Å². The standard InChI is InChI=1S/C11H10I3NO3/c1-5(11(17)18)15(2)10(16)7-3-6(12)4-8(13)9(7)14/h3-5H,1-2H3,(H,17,18). The van der Waals surface area contributed by atoms with Crippen LogP contribution in [0.2, 0.25) is 0 Å². The molecule has 0 bridgehead atoms. The molecule has 0 aliphatic carbocycles. The van der Waals surface area contributed by atoms with E-state index in [-0.39, 0.29) is 5.91 Å². The van der Waals surface area contributed by atoms with Crippen LogP contribution in [0, 0.1) is 10.7 Å². The summed E-state index contributed by atoms with van der Waals surface area (Å²) in [5.41, 5.74) is 0.544. The Hall–Kier alpha value is 0.350. The molecule has 0 aliphatic heterocycles. The molecule has 0 aliphatic rings. The van der Waals surface area contributed by atoms with Crippen molar-refractivity contribution in [3.8, 4) is 0 Å². The Morgan fingerprint density at radius 3 is 2.33 bits per heavy atom. The Labute approximate surface area is 146 Å². The molecule has 18 heavy (non-hydrogen) atoms. The molecule has 98 valence electrons. The van der Waals surface area contributed by atoms with Crippen LogP contribution in [0.15, 0.2) is 12.1 Å².